The minimum Gasteiger partial charge on any atom is -0.444 e. The van der Waals surface area contributed by atoms with Crippen LogP contribution in [0.2, 0.25) is 0 Å². The predicted molar refractivity (Wildman–Crippen MR) is 76.4 cm³/mol. The number of carbonyl (C=O) groups is 2. The van der Waals surface area contributed by atoms with Crippen LogP contribution in [0.4, 0.5) is 4.79 Å². The molecule has 0 N–H and O–H groups in total. The van der Waals surface area contributed by atoms with Crippen LogP contribution in [0.5, 0.6) is 0 Å². The summed E-state index contributed by atoms with van der Waals surface area (Å²) in [5.41, 5.74) is -0.513. The van der Waals surface area contributed by atoms with Crippen molar-refractivity contribution in [1.82, 2.24) is 9.80 Å². The second-order valence-corrected chi connectivity index (χ2v) is 6.78. The van der Waals surface area contributed by atoms with Gasteiger partial charge < -0.3 is 9.64 Å². The highest BCUT2D eigenvalue weighted by Gasteiger charge is 2.33. The van der Waals surface area contributed by atoms with Crippen molar-refractivity contribution in [1.29, 1.82) is 0 Å². The molecule has 1 saturated heterocycles. The van der Waals surface area contributed by atoms with Crippen LogP contribution in [0.15, 0.2) is 0 Å². The fraction of sp³-hybridized carbons (Fsp3) is 0.867. The molecule has 114 valence electrons. The van der Waals surface area contributed by atoms with Crippen LogP contribution in [0.25, 0.3) is 0 Å². The molecule has 2 amide bonds. The van der Waals surface area contributed by atoms with Gasteiger partial charge >= 0.3 is 6.09 Å². The summed E-state index contributed by atoms with van der Waals surface area (Å²) in [6, 6.07) is 0.386. The molecular weight excluding hydrogens is 256 g/mol. The number of ether oxygens (including phenoxy) is 1. The van der Waals surface area contributed by atoms with Gasteiger partial charge in [0.15, 0.2) is 0 Å². The second-order valence-electron chi connectivity index (χ2n) is 6.78. The van der Waals surface area contributed by atoms with Crippen molar-refractivity contribution in [3.8, 4) is 0 Å². The van der Waals surface area contributed by atoms with Crippen molar-refractivity contribution in [2.45, 2.75) is 64.5 Å². The zero-order valence-electron chi connectivity index (χ0n) is 12.9. The normalized spacial score (nSPS) is 22.1. The Bertz CT molecular complexity index is 370. The molecule has 0 unspecified atom stereocenters. The SMILES string of the molecule is CC(C)(C)OC(=O)N1CCN(C2CCCCC2)C(=O)C1. The van der Waals surface area contributed by atoms with Crippen LogP contribution in [-0.2, 0) is 9.53 Å². The Labute approximate surface area is 121 Å². The monoisotopic (exact) mass is 282 g/mol. The van der Waals surface area contributed by atoms with Crippen LogP contribution in [0.1, 0.15) is 52.9 Å². The Hall–Kier alpha value is -1.26. The van der Waals surface area contributed by atoms with Crippen LogP contribution in [-0.4, -0.2) is 53.1 Å². The van der Waals surface area contributed by atoms with E-state index >= 15 is 0 Å². The average molecular weight is 282 g/mol. The van der Waals surface area contributed by atoms with Crippen molar-refractivity contribution >= 4 is 12.0 Å². The van der Waals surface area contributed by atoms with Gasteiger partial charge in [0.2, 0.25) is 5.91 Å². The molecule has 0 aromatic carbocycles. The molecule has 20 heavy (non-hydrogen) atoms. The standard InChI is InChI=1S/C15H26N2O3/c1-15(2,3)20-14(19)16-9-10-17(13(18)11-16)12-7-5-4-6-8-12/h12H,4-11H2,1-3H3. The molecule has 1 aliphatic carbocycles. The number of amides is 2. The number of nitrogens with zero attached hydrogens (tertiary/aromatic N) is 2. The van der Waals surface area contributed by atoms with Gasteiger partial charge in [-0.15, -0.1) is 0 Å². The maximum atomic E-state index is 12.3. The molecule has 1 saturated carbocycles. The Morgan fingerprint density at radius 1 is 1.15 bits per heavy atom. The van der Waals surface area contributed by atoms with Gasteiger partial charge in [0.25, 0.3) is 0 Å². The van der Waals surface area contributed by atoms with E-state index in [0.29, 0.717) is 19.1 Å². The summed E-state index contributed by atoms with van der Waals surface area (Å²) in [6.45, 7) is 6.90. The van der Waals surface area contributed by atoms with Gasteiger partial charge in [-0.25, -0.2) is 4.79 Å². The van der Waals surface area contributed by atoms with Gasteiger partial charge in [-0.05, 0) is 33.6 Å². The van der Waals surface area contributed by atoms with E-state index < -0.39 is 5.60 Å². The van der Waals surface area contributed by atoms with Crippen molar-refractivity contribution < 1.29 is 14.3 Å². The summed E-state index contributed by atoms with van der Waals surface area (Å²) in [5.74, 6) is 0.0639. The minimum absolute atomic E-state index is 0.0639. The summed E-state index contributed by atoms with van der Waals surface area (Å²) in [5, 5.41) is 0. The lowest BCUT2D eigenvalue weighted by Crippen LogP contribution is -2.56. The fourth-order valence-electron chi connectivity index (χ4n) is 2.95. The number of piperazine rings is 1. The first-order chi connectivity index (χ1) is 9.37. The molecule has 1 aliphatic heterocycles. The second kappa shape index (κ2) is 6.02. The lowest BCUT2D eigenvalue weighted by Gasteiger charge is -2.40. The largest absolute Gasteiger partial charge is 0.444 e. The third kappa shape index (κ3) is 3.87. The molecule has 2 aliphatic rings. The van der Waals surface area contributed by atoms with Crippen LogP contribution in [0.3, 0.4) is 0 Å². The van der Waals surface area contributed by atoms with Crippen molar-refractivity contribution in [3.05, 3.63) is 0 Å². The minimum atomic E-state index is -0.513. The quantitative estimate of drug-likeness (QED) is 0.742. The van der Waals surface area contributed by atoms with E-state index in [-0.39, 0.29) is 18.5 Å². The summed E-state index contributed by atoms with van der Waals surface area (Å²) in [7, 11) is 0. The predicted octanol–water partition coefficient (Wildman–Crippen LogP) is 2.40. The highest BCUT2D eigenvalue weighted by Crippen LogP contribution is 2.24. The van der Waals surface area contributed by atoms with Crippen molar-refractivity contribution in [2.75, 3.05) is 19.6 Å². The average Bonchev–Trinajstić information content (AvgIpc) is 2.37. The molecular formula is C15H26N2O3. The van der Waals surface area contributed by atoms with E-state index in [2.05, 4.69) is 0 Å². The van der Waals surface area contributed by atoms with Gasteiger partial charge in [-0.3, -0.25) is 9.69 Å². The highest BCUT2D eigenvalue weighted by atomic mass is 16.6. The molecule has 5 nitrogen and oxygen atoms in total. The summed E-state index contributed by atoms with van der Waals surface area (Å²) < 4.78 is 5.32. The highest BCUT2D eigenvalue weighted by molar-refractivity contribution is 5.83. The van der Waals surface area contributed by atoms with Gasteiger partial charge in [0, 0.05) is 19.1 Å². The lowest BCUT2D eigenvalue weighted by molar-refractivity contribution is -0.139. The molecule has 5 heteroatoms. The molecule has 2 fully saturated rings. The smallest absolute Gasteiger partial charge is 0.410 e. The maximum Gasteiger partial charge on any atom is 0.410 e. The first-order valence-electron chi connectivity index (χ1n) is 7.64. The number of hydrogen-bond acceptors (Lipinski definition) is 3. The zero-order valence-corrected chi connectivity index (χ0v) is 12.9. The number of hydrogen-bond donors (Lipinski definition) is 0. The summed E-state index contributed by atoms with van der Waals surface area (Å²) in [4.78, 5) is 27.7. The summed E-state index contributed by atoms with van der Waals surface area (Å²) in [6.07, 6.45) is 5.54. The summed E-state index contributed by atoms with van der Waals surface area (Å²) >= 11 is 0. The van der Waals surface area contributed by atoms with Crippen LogP contribution < -0.4 is 0 Å². The molecule has 0 atom stereocenters. The van der Waals surface area contributed by atoms with E-state index in [1.54, 1.807) is 0 Å². The van der Waals surface area contributed by atoms with Gasteiger partial charge in [-0.1, -0.05) is 19.3 Å². The molecule has 0 aromatic heterocycles. The Morgan fingerprint density at radius 2 is 1.80 bits per heavy atom. The third-order valence-electron chi connectivity index (χ3n) is 3.92. The lowest BCUT2D eigenvalue weighted by atomic mass is 9.93. The maximum absolute atomic E-state index is 12.3. The molecule has 0 aromatic rings. The third-order valence-corrected chi connectivity index (χ3v) is 3.92. The zero-order chi connectivity index (χ0) is 14.8. The Morgan fingerprint density at radius 3 is 2.35 bits per heavy atom. The van der Waals surface area contributed by atoms with Gasteiger partial charge in [-0.2, -0.15) is 0 Å². The van der Waals surface area contributed by atoms with E-state index in [4.69, 9.17) is 4.74 Å². The Kier molecular flexibility index (Phi) is 4.55. The fourth-order valence-corrected chi connectivity index (χ4v) is 2.95. The van der Waals surface area contributed by atoms with Gasteiger partial charge in [0.05, 0.1) is 0 Å². The molecule has 0 spiro atoms. The van der Waals surface area contributed by atoms with Crippen LogP contribution in [0, 0.1) is 0 Å². The van der Waals surface area contributed by atoms with Crippen molar-refractivity contribution in [3.63, 3.8) is 0 Å². The first kappa shape index (κ1) is 15.1. The van der Waals surface area contributed by atoms with E-state index in [9.17, 15) is 9.59 Å². The molecule has 0 radical (unpaired) electrons. The number of rotatable bonds is 1. The topological polar surface area (TPSA) is 49.9 Å². The molecule has 0 bridgehead atoms. The van der Waals surface area contributed by atoms with Crippen LogP contribution >= 0.6 is 0 Å². The number of carbonyl (C=O) groups excluding carboxylic acids is 2. The first-order valence-corrected chi connectivity index (χ1v) is 7.64. The van der Waals surface area contributed by atoms with E-state index in [1.165, 1.54) is 24.2 Å². The Balaban J connectivity index is 1.88. The van der Waals surface area contributed by atoms with E-state index in [1.807, 2.05) is 25.7 Å². The van der Waals surface area contributed by atoms with Gasteiger partial charge in [0.1, 0.15) is 12.1 Å². The molecule has 2 rings (SSSR count). The van der Waals surface area contributed by atoms with E-state index in [0.717, 1.165) is 12.8 Å². The van der Waals surface area contributed by atoms with Crippen molar-refractivity contribution in [2.24, 2.45) is 0 Å². The molecule has 1 heterocycles.